The van der Waals surface area contributed by atoms with Gasteiger partial charge in [-0.25, -0.2) is 4.39 Å². The summed E-state index contributed by atoms with van der Waals surface area (Å²) in [4.78, 5) is 46.5. The third-order valence-electron chi connectivity index (χ3n) is 4.09. The monoisotopic (exact) mass is 520 g/mol. The van der Waals surface area contributed by atoms with Crippen LogP contribution in [-0.2, 0) is 42.9 Å². The average Bonchev–Trinajstić information content (AvgIpc) is 2.65. The zero-order chi connectivity index (χ0) is 24.0. The average molecular weight is 521 g/mol. The molecular weight excluding hydrogens is 499 g/mol. The van der Waals surface area contributed by atoms with Gasteiger partial charge in [0.05, 0.1) is 0 Å². The molecule has 176 valence electrons. The first-order valence-corrected chi connectivity index (χ1v) is 10.2. The van der Waals surface area contributed by atoms with Gasteiger partial charge in [-0.15, -0.1) is 0 Å². The normalized spacial score (nSPS) is 24.8. The van der Waals surface area contributed by atoms with Gasteiger partial charge in [0, 0.05) is 32.2 Å². The first-order chi connectivity index (χ1) is 15.0. The second kappa shape index (κ2) is 11.2. The van der Waals surface area contributed by atoms with Crippen molar-refractivity contribution >= 4 is 39.8 Å². The van der Waals surface area contributed by atoms with Crippen molar-refractivity contribution in [3.05, 3.63) is 28.5 Å². The van der Waals surface area contributed by atoms with Crippen LogP contribution in [0.5, 0.6) is 5.75 Å². The molecule has 1 aromatic rings. The summed E-state index contributed by atoms with van der Waals surface area (Å²) in [5.41, 5.74) is 0. The summed E-state index contributed by atoms with van der Waals surface area (Å²) in [6.07, 6.45) is -6.88. The molecule has 5 atom stereocenters. The van der Waals surface area contributed by atoms with E-state index in [-0.39, 0.29) is 5.75 Å². The number of esters is 4. The molecule has 5 unspecified atom stereocenters. The Balaban J connectivity index is 2.47. The second-order valence-electron chi connectivity index (χ2n) is 6.76. The topological polar surface area (TPSA) is 124 Å². The molecule has 0 spiro atoms. The van der Waals surface area contributed by atoms with E-state index in [9.17, 15) is 23.6 Å². The largest absolute Gasteiger partial charge is 0.463 e. The predicted molar refractivity (Wildman–Crippen MR) is 107 cm³/mol. The molecule has 0 amide bonds. The van der Waals surface area contributed by atoms with Crippen molar-refractivity contribution in [1.29, 1.82) is 0 Å². The molecule has 1 fully saturated rings. The SMILES string of the molecule is CC(=O)OCC1OC(Oc2ccc(Br)cc2F)C(OC(C)=O)C(OC(C)=O)C1OC(C)=O. The zero-order valence-corrected chi connectivity index (χ0v) is 19.3. The van der Waals surface area contributed by atoms with Crippen molar-refractivity contribution in [3.63, 3.8) is 0 Å². The predicted octanol–water partition coefficient (Wildman–Crippen LogP) is 2.05. The molecule has 1 aliphatic heterocycles. The number of hydrogen-bond acceptors (Lipinski definition) is 10. The second-order valence-corrected chi connectivity index (χ2v) is 7.68. The van der Waals surface area contributed by atoms with Gasteiger partial charge in [-0.1, -0.05) is 15.9 Å². The molecule has 0 aliphatic carbocycles. The number of ether oxygens (including phenoxy) is 6. The Labute approximate surface area is 191 Å². The molecule has 1 heterocycles. The van der Waals surface area contributed by atoms with Crippen LogP contribution in [0.1, 0.15) is 27.7 Å². The fourth-order valence-corrected chi connectivity index (χ4v) is 3.31. The Kier molecular flexibility index (Phi) is 8.96. The quantitative estimate of drug-likeness (QED) is 0.389. The summed E-state index contributed by atoms with van der Waals surface area (Å²) in [6.45, 7) is 4.03. The van der Waals surface area contributed by atoms with Crippen molar-refractivity contribution in [2.24, 2.45) is 0 Å². The summed E-state index contributed by atoms with van der Waals surface area (Å²) in [6, 6.07) is 3.94. The van der Waals surface area contributed by atoms with Crippen LogP contribution in [0.25, 0.3) is 0 Å². The van der Waals surface area contributed by atoms with Crippen LogP contribution in [0.2, 0.25) is 0 Å². The number of hydrogen-bond donors (Lipinski definition) is 0. The lowest BCUT2D eigenvalue weighted by Gasteiger charge is -2.43. The summed E-state index contributed by atoms with van der Waals surface area (Å²) in [5.74, 6) is -4.01. The van der Waals surface area contributed by atoms with E-state index in [0.29, 0.717) is 4.47 Å². The summed E-state index contributed by atoms with van der Waals surface area (Å²) >= 11 is 3.13. The maximum atomic E-state index is 14.4. The number of halogens is 2. The van der Waals surface area contributed by atoms with E-state index in [0.717, 1.165) is 33.8 Å². The van der Waals surface area contributed by atoms with Crippen LogP contribution in [0.4, 0.5) is 4.39 Å². The van der Waals surface area contributed by atoms with Crippen LogP contribution in [0.15, 0.2) is 22.7 Å². The number of carbonyl (C=O) groups excluding carboxylic acids is 4. The minimum absolute atomic E-state index is 0.255. The van der Waals surface area contributed by atoms with E-state index in [1.165, 1.54) is 12.1 Å². The van der Waals surface area contributed by atoms with Gasteiger partial charge in [-0.2, -0.15) is 0 Å². The van der Waals surface area contributed by atoms with Crippen LogP contribution in [0.3, 0.4) is 0 Å². The molecule has 0 N–H and O–H groups in total. The molecule has 0 radical (unpaired) electrons. The van der Waals surface area contributed by atoms with E-state index in [2.05, 4.69) is 15.9 Å². The zero-order valence-electron chi connectivity index (χ0n) is 17.7. The minimum atomic E-state index is -1.51. The van der Waals surface area contributed by atoms with Gasteiger partial charge in [0.15, 0.2) is 23.8 Å². The maximum absolute atomic E-state index is 14.4. The van der Waals surface area contributed by atoms with Crippen molar-refractivity contribution in [3.8, 4) is 5.75 Å². The van der Waals surface area contributed by atoms with Gasteiger partial charge < -0.3 is 28.4 Å². The highest BCUT2D eigenvalue weighted by Gasteiger charge is 2.53. The van der Waals surface area contributed by atoms with Crippen LogP contribution >= 0.6 is 15.9 Å². The van der Waals surface area contributed by atoms with E-state index in [1.54, 1.807) is 0 Å². The number of carbonyl (C=O) groups is 4. The lowest BCUT2D eigenvalue weighted by molar-refractivity contribution is -0.288. The van der Waals surface area contributed by atoms with Crippen LogP contribution in [0, 0.1) is 5.82 Å². The summed E-state index contributed by atoms with van der Waals surface area (Å²) < 4.78 is 46.9. The lowest BCUT2D eigenvalue weighted by atomic mass is 9.98. The molecule has 0 aromatic heterocycles. The molecule has 1 aromatic carbocycles. The van der Waals surface area contributed by atoms with Crippen molar-refractivity contribution in [2.75, 3.05) is 6.61 Å². The van der Waals surface area contributed by atoms with Crippen molar-refractivity contribution in [2.45, 2.75) is 58.4 Å². The molecule has 32 heavy (non-hydrogen) atoms. The van der Waals surface area contributed by atoms with E-state index < -0.39 is 67.0 Å². The molecular formula is C20H22BrFO10. The fraction of sp³-hybridized carbons (Fsp3) is 0.500. The van der Waals surface area contributed by atoms with E-state index in [1.807, 2.05) is 0 Å². The maximum Gasteiger partial charge on any atom is 0.303 e. The van der Waals surface area contributed by atoms with Gasteiger partial charge in [0.1, 0.15) is 12.7 Å². The highest BCUT2D eigenvalue weighted by molar-refractivity contribution is 9.10. The van der Waals surface area contributed by atoms with Gasteiger partial charge in [0.25, 0.3) is 0 Å². The lowest BCUT2D eigenvalue weighted by Crippen LogP contribution is -2.63. The van der Waals surface area contributed by atoms with Crippen LogP contribution in [-0.4, -0.2) is 61.2 Å². The van der Waals surface area contributed by atoms with Crippen LogP contribution < -0.4 is 4.74 Å². The van der Waals surface area contributed by atoms with Gasteiger partial charge in [0.2, 0.25) is 12.4 Å². The number of benzene rings is 1. The Hall–Kier alpha value is -2.73. The van der Waals surface area contributed by atoms with Gasteiger partial charge >= 0.3 is 23.9 Å². The Morgan fingerprint density at radius 1 is 0.906 bits per heavy atom. The fourth-order valence-electron chi connectivity index (χ4n) is 2.98. The Morgan fingerprint density at radius 2 is 1.47 bits per heavy atom. The minimum Gasteiger partial charge on any atom is -0.463 e. The first kappa shape index (κ1) is 25.5. The summed E-state index contributed by atoms with van der Waals surface area (Å²) in [7, 11) is 0. The smallest absolute Gasteiger partial charge is 0.303 e. The van der Waals surface area contributed by atoms with E-state index in [4.69, 9.17) is 28.4 Å². The molecule has 2 rings (SSSR count). The standard InChI is InChI=1S/C20H22BrFO10/c1-9(23)27-8-16-17(28-10(2)24)18(29-11(3)25)19(30-12(4)26)20(32-16)31-15-6-5-13(21)7-14(15)22/h5-7,16-20H,8H2,1-4H3. The van der Waals surface area contributed by atoms with Gasteiger partial charge in [-0.3, -0.25) is 19.2 Å². The van der Waals surface area contributed by atoms with Crippen molar-refractivity contribution in [1.82, 2.24) is 0 Å². The third-order valence-corrected chi connectivity index (χ3v) is 4.58. The highest BCUT2D eigenvalue weighted by Crippen LogP contribution is 2.32. The third kappa shape index (κ3) is 7.16. The van der Waals surface area contributed by atoms with E-state index >= 15 is 0 Å². The molecule has 12 heteroatoms. The summed E-state index contributed by atoms with van der Waals surface area (Å²) in [5, 5.41) is 0. The Morgan fingerprint density at radius 3 is 2.00 bits per heavy atom. The highest BCUT2D eigenvalue weighted by atomic mass is 79.9. The molecule has 0 bridgehead atoms. The molecule has 10 nitrogen and oxygen atoms in total. The van der Waals surface area contributed by atoms with Gasteiger partial charge in [-0.05, 0) is 18.2 Å². The first-order valence-electron chi connectivity index (χ1n) is 9.40. The molecule has 1 saturated heterocycles. The number of rotatable bonds is 7. The molecule has 1 aliphatic rings. The Bertz CT molecular complexity index is 876. The molecule has 0 saturated carbocycles. The van der Waals surface area contributed by atoms with Crippen molar-refractivity contribution < 1.29 is 52.0 Å².